The number of aromatic amines is 1. The predicted octanol–water partition coefficient (Wildman–Crippen LogP) is 4.98. The third kappa shape index (κ3) is 3.75. The molecule has 2 heterocycles. The molecule has 0 atom stereocenters. The van der Waals surface area contributed by atoms with Gasteiger partial charge in [0.25, 0.3) is 0 Å². The molecule has 138 valence electrons. The van der Waals surface area contributed by atoms with E-state index in [0.29, 0.717) is 27.7 Å². The summed E-state index contributed by atoms with van der Waals surface area (Å²) in [5, 5.41) is 0.641. The Morgan fingerprint density at radius 2 is 1.89 bits per heavy atom. The van der Waals surface area contributed by atoms with Gasteiger partial charge in [-0.25, -0.2) is 4.79 Å². The zero-order valence-electron chi connectivity index (χ0n) is 14.6. The van der Waals surface area contributed by atoms with E-state index in [-0.39, 0.29) is 11.5 Å². The van der Waals surface area contributed by atoms with Gasteiger partial charge in [-0.15, -0.1) is 0 Å². The summed E-state index contributed by atoms with van der Waals surface area (Å²) in [5.74, 6) is 0.403. The molecule has 0 unspecified atom stereocenters. The van der Waals surface area contributed by atoms with E-state index in [4.69, 9.17) is 16.0 Å². The van der Waals surface area contributed by atoms with Crippen molar-refractivity contribution >= 4 is 23.5 Å². The second kappa shape index (κ2) is 7.58. The highest BCUT2D eigenvalue weighted by atomic mass is 35.5. The molecule has 0 spiro atoms. The number of carbonyl (C=O) groups excluding carboxylic acids is 1. The number of ketones is 1. The molecule has 1 N–H and O–H groups in total. The number of allylic oxidation sites excluding steroid dienone is 1. The maximum absolute atomic E-state index is 12.5. The summed E-state index contributed by atoms with van der Waals surface area (Å²) >= 11 is 5.87. The molecule has 28 heavy (non-hydrogen) atoms. The highest BCUT2D eigenvalue weighted by Gasteiger charge is 2.10. The highest BCUT2D eigenvalue weighted by Crippen LogP contribution is 2.18. The lowest BCUT2D eigenvalue weighted by Gasteiger charge is -2.03. The van der Waals surface area contributed by atoms with Crippen LogP contribution in [0, 0.1) is 0 Å². The number of hydrogen-bond acceptors (Lipinski definition) is 3. The number of rotatable bonds is 5. The lowest BCUT2D eigenvalue weighted by atomic mass is 10.1. The van der Waals surface area contributed by atoms with Gasteiger partial charge < -0.3 is 9.40 Å². The zero-order chi connectivity index (χ0) is 19.5. The van der Waals surface area contributed by atoms with Crippen LogP contribution < -0.4 is 5.69 Å². The number of carbonyl (C=O) groups is 1. The lowest BCUT2D eigenvalue weighted by Crippen LogP contribution is -2.14. The first kappa shape index (κ1) is 17.8. The molecule has 4 rings (SSSR count). The molecule has 5 nitrogen and oxygen atoms in total. The maximum atomic E-state index is 12.5. The molecular weight excluding hydrogens is 376 g/mol. The Hall–Kier alpha value is -3.57. The van der Waals surface area contributed by atoms with Crippen LogP contribution in [0.3, 0.4) is 0 Å². The number of H-pyrrole nitrogens is 1. The number of benzene rings is 2. The summed E-state index contributed by atoms with van der Waals surface area (Å²) in [6, 6.07) is 17.6. The fourth-order valence-electron chi connectivity index (χ4n) is 2.80. The van der Waals surface area contributed by atoms with Gasteiger partial charge in [-0.2, -0.15) is 0 Å². The second-order valence-corrected chi connectivity index (χ2v) is 6.56. The Labute approximate surface area is 165 Å². The summed E-state index contributed by atoms with van der Waals surface area (Å²) in [5.41, 5.74) is 2.20. The standard InChI is InChI=1S/C22H15ClN2O3/c23-17-9-6-15(7-10-17)8-11-20(26)16-3-1-4-18(13-16)25-14-19(24-22(25)27)21-5-2-12-28-21/h1-14H,(H,24,27)/b11-8+. The Bertz CT molecular complexity index is 1200. The predicted molar refractivity (Wildman–Crippen MR) is 109 cm³/mol. The van der Waals surface area contributed by atoms with Gasteiger partial charge >= 0.3 is 5.69 Å². The quantitative estimate of drug-likeness (QED) is 0.386. The van der Waals surface area contributed by atoms with Gasteiger partial charge in [-0.05, 0) is 48.0 Å². The lowest BCUT2D eigenvalue weighted by molar-refractivity contribution is 0.104. The molecule has 0 aliphatic heterocycles. The number of hydrogen-bond donors (Lipinski definition) is 1. The molecule has 0 aliphatic carbocycles. The van der Waals surface area contributed by atoms with E-state index in [1.165, 1.54) is 16.9 Å². The minimum absolute atomic E-state index is 0.161. The van der Waals surface area contributed by atoms with Crippen molar-refractivity contribution in [2.45, 2.75) is 0 Å². The topological polar surface area (TPSA) is 68.0 Å². The molecule has 6 heteroatoms. The number of halogens is 1. The van der Waals surface area contributed by atoms with Crippen LogP contribution >= 0.6 is 11.6 Å². The van der Waals surface area contributed by atoms with E-state index in [1.54, 1.807) is 60.8 Å². The van der Waals surface area contributed by atoms with Crippen LogP contribution in [0.25, 0.3) is 23.2 Å². The van der Waals surface area contributed by atoms with Crippen LogP contribution in [0.1, 0.15) is 15.9 Å². The second-order valence-electron chi connectivity index (χ2n) is 6.12. The van der Waals surface area contributed by atoms with Crippen LogP contribution in [0.4, 0.5) is 0 Å². The van der Waals surface area contributed by atoms with Crippen molar-refractivity contribution in [1.82, 2.24) is 9.55 Å². The Kier molecular flexibility index (Phi) is 4.83. The molecule has 2 aromatic carbocycles. The molecule has 0 fully saturated rings. The van der Waals surface area contributed by atoms with Gasteiger partial charge in [0.1, 0.15) is 5.69 Å². The molecule has 4 aromatic rings. The summed E-state index contributed by atoms with van der Waals surface area (Å²) in [7, 11) is 0. The zero-order valence-corrected chi connectivity index (χ0v) is 15.4. The molecule has 0 bridgehead atoms. The van der Waals surface area contributed by atoms with E-state index >= 15 is 0 Å². The van der Waals surface area contributed by atoms with Gasteiger partial charge in [-0.3, -0.25) is 9.36 Å². The van der Waals surface area contributed by atoms with Crippen molar-refractivity contribution < 1.29 is 9.21 Å². The normalized spacial score (nSPS) is 11.2. The monoisotopic (exact) mass is 390 g/mol. The molecule has 2 aromatic heterocycles. The van der Waals surface area contributed by atoms with Gasteiger partial charge in [0.05, 0.1) is 12.0 Å². The summed E-state index contributed by atoms with van der Waals surface area (Å²) in [6.45, 7) is 0. The Balaban J connectivity index is 1.60. The molecule has 0 saturated carbocycles. The first-order valence-electron chi connectivity index (χ1n) is 8.54. The Morgan fingerprint density at radius 1 is 1.07 bits per heavy atom. The first-order valence-corrected chi connectivity index (χ1v) is 8.92. The fraction of sp³-hybridized carbons (Fsp3) is 0. The molecule has 0 saturated heterocycles. The molecule has 0 amide bonds. The van der Waals surface area contributed by atoms with E-state index in [0.717, 1.165) is 5.56 Å². The van der Waals surface area contributed by atoms with E-state index < -0.39 is 0 Å². The largest absolute Gasteiger partial charge is 0.463 e. The Morgan fingerprint density at radius 3 is 2.64 bits per heavy atom. The minimum atomic E-state index is -0.312. The number of furan rings is 1. The van der Waals surface area contributed by atoms with E-state index in [2.05, 4.69) is 4.98 Å². The van der Waals surface area contributed by atoms with Crippen molar-refractivity contribution in [2.24, 2.45) is 0 Å². The molecular formula is C22H15ClN2O3. The van der Waals surface area contributed by atoms with Crippen LogP contribution in [-0.2, 0) is 0 Å². The number of aromatic nitrogens is 2. The average molecular weight is 391 g/mol. The maximum Gasteiger partial charge on any atom is 0.330 e. The summed E-state index contributed by atoms with van der Waals surface area (Å²) in [6.07, 6.45) is 6.41. The fourth-order valence-corrected chi connectivity index (χ4v) is 2.92. The van der Waals surface area contributed by atoms with Crippen molar-refractivity contribution in [3.63, 3.8) is 0 Å². The molecule has 0 radical (unpaired) electrons. The first-order chi connectivity index (χ1) is 13.6. The average Bonchev–Trinajstić information content (AvgIpc) is 3.37. The van der Waals surface area contributed by atoms with Crippen LogP contribution in [0.5, 0.6) is 0 Å². The summed E-state index contributed by atoms with van der Waals surface area (Å²) < 4.78 is 6.75. The molecule has 0 aliphatic rings. The van der Waals surface area contributed by atoms with Crippen LogP contribution in [0.2, 0.25) is 5.02 Å². The highest BCUT2D eigenvalue weighted by molar-refractivity contribution is 6.30. The van der Waals surface area contributed by atoms with Gasteiger partial charge in [0, 0.05) is 16.8 Å². The minimum Gasteiger partial charge on any atom is -0.463 e. The smallest absolute Gasteiger partial charge is 0.330 e. The third-order valence-corrected chi connectivity index (χ3v) is 4.46. The van der Waals surface area contributed by atoms with Gasteiger partial charge in [0.2, 0.25) is 0 Å². The van der Waals surface area contributed by atoms with Crippen molar-refractivity contribution in [3.8, 4) is 17.1 Å². The van der Waals surface area contributed by atoms with Crippen molar-refractivity contribution in [1.29, 1.82) is 0 Å². The van der Waals surface area contributed by atoms with Gasteiger partial charge in [0.15, 0.2) is 11.5 Å². The van der Waals surface area contributed by atoms with E-state index in [9.17, 15) is 9.59 Å². The SMILES string of the molecule is O=C(/C=C/c1ccc(Cl)cc1)c1cccc(-n2cc(-c3ccco3)[nH]c2=O)c1. The number of nitrogens with one attached hydrogen (secondary N) is 1. The number of nitrogens with zero attached hydrogens (tertiary/aromatic N) is 1. The van der Waals surface area contributed by atoms with Crippen LogP contribution in [0.15, 0.2) is 88.4 Å². The number of imidazole rings is 1. The van der Waals surface area contributed by atoms with E-state index in [1.807, 2.05) is 12.1 Å². The van der Waals surface area contributed by atoms with Crippen LogP contribution in [-0.4, -0.2) is 15.3 Å². The summed E-state index contributed by atoms with van der Waals surface area (Å²) in [4.78, 5) is 27.6. The van der Waals surface area contributed by atoms with Crippen molar-refractivity contribution in [3.05, 3.63) is 106 Å². The van der Waals surface area contributed by atoms with Gasteiger partial charge in [-0.1, -0.05) is 41.9 Å². The third-order valence-electron chi connectivity index (χ3n) is 4.21. The van der Waals surface area contributed by atoms with Crippen molar-refractivity contribution in [2.75, 3.05) is 0 Å².